The van der Waals surface area contributed by atoms with Crippen LogP contribution >= 0.6 is 43.5 Å². The van der Waals surface area contributed by atoms with Gasteiger partial charge in [-0.3, -0.25) is 0 Å². The fourth-order valence-corrected chi connectivity index (χ4v) is 3.05. The molecule has 0 aromatic carbocycles. The molecule has 1 saturated heterocycles. The smallest absolute Gasteiger partial charge is 0.147 e. The van der Waals surface area contributed by atoms with Gasteiger partial charge in [0.1, 0.15) is 5.82 Å². The van der Waals surface area contributed by atoms with Gasteiger partial charge in [0.2, 0.25) is 0 Å². The van der Waals surface area contributed by atoms with Crippen molar-refractivity contribution in [3.8, 4) is 0 Å². The van der Waals surface area contributed by atoms with Crippen LogP contribution < -0.4 is 4.90 Å². The average Bonchev–Trinajstić information content (AvgIpc) is 2.28. The lowest BCUT2D eigenvalue weighted by Gasteiger charge is -2.37. The Morgan fingerprint density at radius 3 is 3.00 bits per heavy atom. The van der Waals surface area contributed by atoms with Gasteiger partial charge in [-0.25, -0.2) is 4.98 Å². The van der Waals surface area contributed by atoms with Crippen LogP contribution in [0.1, 0.15) is 6.92 Å². The Bertz CT molecular complexity index is 405. The van der Waals surface area contributed by atoms with Crippen LogP contribution in [-0.4, -0.2) is 35.6 Å². The molecule has 2 atom stereocenters. The topological polar surface area (TPSA) is 25.4 Å². The van der Waals surface area contributed by atoms with Crippen molar-refractivity contribution in [2.24, 2.45) is 0 Å². The second-order valence-corrected chi connectivity index (χ2v) is 6.06. The molecular weight excluding hydrogens is 371 g/mol. The molecule has 1 aromatic heterocycles. The normalized spacial score (nSPS) is 25.1. The van der Waals surface area contributed by atoms with Crippen LogP contribution in [0, 0.1) is 0 Å². The van der Waals surface area contributed by atoms with Gasteiger partial charge < -0.3 is 9.64 Å². The van der Waals surface area contributed by atoms with Gasteiger partial charge in [-0.15, -0.1) is 0 Å². The van der Waals surface area contributed by atoms with E-state index in [1.807, 2.05) is 6.07 Å². The van der Waals surface area contributed by atoms with Crippen molar-refractivity contribution < 1.29 is 4.74 Å². The molecule has 0 spiro atoms. The van der Waals surface area contributed by atoms with Gasteiger partial charge >= 0.3 is 0 Å². The summed E-state index contributed by atoms with van der Waals surface area (Å²) < 4.78 is 6.68. The molecule has 0 aliphatic carbocycles. The standard InChI is InChI=1S/C11H13Br2ClN2O/c1-7-5-16(6-9(3-12)17-7)11-10(14)2-8(13)4-15-11/h2,4,7,9H,3,5-6H2,1H3. The lowest BCUT2D eigenvalue weighted by molar-refractivity contribution is -0.00222. The summed E-state index contributed by atoms with van der Waals surface area (Å²) in [7, 11) is 0. The van der Waals surface area contributed by atoms with Crippen LogP contribution in [0.4, 0.5) is 5.82 Å². The van der Waals surface area contributed by atoms with E-state index in [2.05, 4.69) is 48.7 Å². The van der Waals surface area contributed by atoms with E-state index in [9.17, 15) is 0 Å². The number of anilines is 1. The lowest BCUT2D eigenvalue weighted by Crippen LogP contribution is -2.47. The van der Waals surface area contributed by atoms with Crippen molar-refractivity contribution in [2.45, 2.75) is 19.1 Å². The van der Waals surface area contributed by atoms with E-state index < -0.39 is 0 Å². The fourth-order valence-electron chi connectivity index (χ4n) is 1.94. The summed E-state index contributed by atoms with van der Waals surface area (Å²) in [6.45, 7) is 3.69. The highest BCUT2D eigenvalue weighted by molar-refractivity contribution is 9.10. The number of alkyl halides is 1. The first-order valence-corrected chi connectivity index (χ1v) is 7.67. The molecule has 2 heterocycles. The zero-order valence-electron chi connectivity index (χ0n) is 9.37. The van der Waals surface area contributed by atoms with Crippen LogP contribution in [0.3, 0.4) is 0 Å². The Balaban J connectivity index is 2.20. The van der Waals surface area contributed by atoms with Crippen LogP contribution in [0.25, 0.3) is 0 Å². The quantitative estimate of drug-likeness (QED) is 0.730. The first-order valence-electron chi connectivity index (χ1n) is 5.37. The molecule has 17 heavy (non-hydrogen) atoms. The van der Waals surface area contributed by atoms with Gasteiger partial charge in [-0.05, 0) is 28.9 Å². The van der Waals surface area contributed by atoms with E-state index >= 15 is 0 Å². The Morgan fingerprint density at radius 2 is 2.35 bits per heavy atom. The number of hydrogen-bond acceptors (Lipinski definition) is 3. The molecule has 0 N–H and O–H groups in total. The molecule has 0 radical (unpaired) electrons. The highest BCUT2D eigenvalue weighted by atomic mass is 79.9. The minimum Gasteiger partial charge on any atom is -0.371 e. The minimum absolute atomic E-state index is 0.181. The molecule has 2 rings (SSSR count). The van der Waals surface area contributed by atoms with Crippen LogP contribution in [0.5, 0.6) is 0 Å². The van der Waals surface area contributed by atoms with E-state index in [0.717, 1.165) is 28.7 Å². The van der Waals surface area contributed by atoms with Gasteiger partial charge in [0.15, 0.2) is 0 Å². The number of pyridine rings is 1. The molecule has 6 heteroatoms. The number of aromatic nitrogens is 1. The summed E-state index contributed by atoms with van der Waals surface area (Å²) in [5, 5.41) is 1.49. The molecule has 94 valence electrons. The molecule has 0 saturated carbocycles. The minimum atomic E-state index is 0.181. The van der Waals surface area contributed by atoms with E-state index in [4.69, 9.17) is 16.3 Å². The number of rotatable bonds is 2. The summed E-state index contributed by atoms with van der Waals surface area (Å²) >= 11 is 13.0. The van der Waals surface area contributed by atoms with Crippen molar-refractivity contribution in [1.29, 1.82) is 0 Å². The van der Waals surface area contributed by atoms with Gasteiger partial charge in [0, 0.05) is 29.1 Å². The number of nitrogens with zero attached hydrogens (tertiary/aromatic N) is 2. The lowest BCUT2D eigenvalue weighted by atomic mass is 10.2. The summed E-state index contributed by atoms with van der Waals surface area (Å²) in [5.41, 5.74) is 0. The number of morpholine rings is 1. The molecule has 1 fully saturated rings. The maximum absolute atomic E-state index is 6.21. The Hall–Kier alpha value is 0.160. The third-order valence-corrected chi connectivity index (χ3v) is 4.02. The van der Waals surface area contributed by atoms with E-state index in [0.29, 0.717) is 5.02 Å². The molecule has 1 aromatic rings. The Labute approximate surface area is 123 Å². The largest absolute Gasteiger partial charge is 0.371 e. The van der Waals surface area contributed by atoms with Crippen molar-refractivity contribution in [3.63, 3.8) is 0 Å². The van der Waals surface area contributed by atoms with Crippen molar-refractivity contribution in [1.82, 2.24) is 4.98 Å². The first kappa shape index (κ1) is 13.6. The van der Waals surface area contributed by atoms with Crippen molar-refractivity contribution in [2.75, 3.05) is 23.3 Å². The van der Waals surface area contributed by atoms with Gasteiger partial charge in [0.05, 0.1) is 17.2 Å². The molecule has 1 aliphatic heterocycles. The van der Waals surface area contributed by atoms with Gasteiger partial charge in [-0.2, -0.15) is 0 Å². The molecule has 1 aliphatic rings. The summed E-state index contributed by atoms with van der Waals surface area (Å²) in [6.07, 6.45) is 2.14. The number of halogens is 3. The first-order chi connectivity index (χ1) is 8.10. The van der Waals surface area contributed by atoms with Crippen molar-refractivity contribution >= 4 is 49.3 Å². The van der Waals surface area contributed by atoms with Gasteiger partial charge in [0.25, 0.3) is 0 Å². The van der Waals surface area contributed by atoms with Crippen LogP contribution in [0.2, 0.25) is 5.02 Å². The Morgan fingerprint density at radius 1 is 1.59 bits per heavy atom. The third kappa shape index (κ3) is 3.34. The zero-order chi connectivity index (χ0) is 12.4. The molecule has 3 nitrogen and oxygen atoms in total. The molecule has 0 amide bonds. The third-order valence-electron chi connectivity index (χ3n) is 2.59. The maximum Gasteiger partial charge on any atom is 0.147 e. The summed E-state index contributed by atoms with van der Waals surface area (Å²) in [4.78, 5) is 6.56. The summed E-state index contributed by atoms with van der Waals surface area (Å²) in [6, 6.07) is 1.87. The average molecular weight is 384 g/mol. The SMILES string of the molecule is CC1CN(c2ncc(Br)cc2Cl)CC(CBr)O1. The van der Waals surface area contributed by atoms with E-state index in [1.165, 1.54) is 0 Å². The maximum atomic E-state index is 6.21. The van der Waals surface area contributed by atoms with Gasteiger partial charge in [-0.1, -0.05) is 27.5 Å². The van der Waals surface area contributed by atoms with Crippen molar-refractivity contribution in [3.05, 3.63) is 21.8 Å². The monoisotopic (exact) mass is 382 g/mol. The van der Waals surface area contributed by atoms with E-state index in [1.54, 1.807) is 6.20 Å². The summed E-state index contributed by atoms with van der Waals surface area (Å²) in [5.74, 6) is 0.830. The fraction of sp³-hybridized carbons (Fsp3) is 0.545. The van der Waals surface area contributed by atoms with Crippen LogP contribution in [-0.2, 0) is 4.74 Å². The number of hydrogen-bond donors (Lipinski definition) is 0. The van der Waals surface area contributed by atoms with E-state index in [-0.39, 0.29) is 12.2 Å². The highest BCUT2D eigenvalue weighted by Gasteiger charge is 2.26. The predicted molar refractivity (Wildman–Crippen MR) is 77.3 cm³/mol. The molecule has 0 bridgehead atoms. The molecule has 2 unspecified atom stereocenters. The predicted octanol–water partition coefficient (Wildman–Crippen LogP) is 3.49. The second-order valence-electron chi connectivity index (χ2n) is 4.09. The highest BCUT2D eigenvalue weighted by Crippen LogP contribution is 2.28. The molecular formula is C11H13Br2ClN2O. The second kappa shape index (κ2) is 5.87. The number of ether oxygens (including phenoxy) is 1. The zero-order valence-corrected chi connectivity index (χ0v) is 13.3. The van der Waals surface area contributed by atoms with Crippen LogP contribution in [0.15, 0.2) is 16.7 Å². The Kier molecular flexibility index (Phi) is 4.69.